The Balaban J connectivity index is 1.83. The molecular formula is C16H23N5O2. The van der Waals surface area contributed by atoms with Gasteiger partial charge in [0, 0.05) is 46.0 Å². The lowest BCUT2D eigenvalue weighted by Gasteiger charge is -2.36. The number of aliphatic hydroxyl groups excluding tert-OH is 1. The van der Waals surface area contributed by atoms with E-state index in [0.717, 1.165) is 13.1 Å². The highest BCUT2D eigenvalue weighted by Crippen LogP contribution is 2.10. The Morgan fingerprint density at radius 2 is 2.13 bits per heavy atom. The first-order valence-electron chi connectivity index (χ1n) is 7.75. The van der Waals surface area contributed by atoms with E-state index in [1.54, 1.807) is 24.0 Å². The lowest BCUT2D eigenvalue weighted by atomic mass is 10.2. The van der Waals surface area contributed by atoms with Crippen molar-refractivity contribution in [2.75, 3.05) is 51.2 Å². The van der Waals surface area contributed by atoms with Crippen molar-refractivity contribution in [1.29, 1.82) is 5.26 Å². The Morgan fingerprint density at radius 3 is 2.65 bits per heavy atom. The van der Waals surface area contributed by atoms with Crippen LogP contribution < -0.4 is 4.90 Å². The fourth-order valence-corrected chi connectivity index (χ4v) is 2.62. The van der Waals surface area contributed by atoms with Crippen molar-refractivity contribution in [1.82, 2.24) is 14.8 Å². The highest BCUT2D eigenvalue weighted by atomic mass is 16.3. The molecule has 1 aliphatic rings. The van der Waals surface area contributed by atoms with Crippen LogP contribution in [0.25, 0.3) is 0 Å². The zero-order chi connectivity index (χ0) is 16.8. The molecular weight excluding hydrogens is 294 g/mol. The molecule has 0 aromatic carbocycles. The number of carbonyl (C=O) groups excluding carboxylic acids is 1. The molecule has 1 fully saturated rings. The number of hydrogen-bond donors (Lipinski definition) is 1. The smallest absolute Gasteiger partial charge is 0.242 e. The Hall–Kier alpha value is -2.17. The minimum atomic E-state index is -0.342. The summed E-state index contributed by atoms with van der Waals surface area (Å²) >= 11 is 0. The number of β-amino-alcohol motifs (C(OH)–C–C–N with tert-alkyl or cyclic N) is 1. The van der Waals surface area contributed by atoms with Crippen LogP contribution in [0.3, 0.4) is 0 Å². The van der Waals surface area contributed by atoms with Crippen LogP contribution in [0.2, 0.25) is 0 Å². The fraction of sp³-hybridized carbons (Fsp3) is 0.562. The topological polar surface area (TPSA) is 83.7 Å². The Morgan fingerprint density at radius 1 is 1.43 bits per heavy atom. The summed E-state index contributed by atoms with van der Waals surface area (Å²) < 4.78 is 0. The molecule has 1 aliphatic heterocycles. The minimum Gasteiger partial charge on any atom is -0.392 e. The van der Waals surface area contributed by atoms with Gasteiger partial charge in [0.2, 0.25) is 5.91 Å². The van der Waals surface area contributed by atoms with Gasteiger partial charge in [-0.05, 0) is 19.1 Å². The number of pyridine rings is 1. The SMILES string of the molecule is C[C@H](O)CN1CCN(C(=O)CN(C)c2ccc(C#N)cn2)CC1. The molecule has 0 radical (unpaired) electrons. The Kier molecular flexibility index (Phi) is 5.90. The molecule has 7 heteroatoms. The number of amides is 1. The number of likely N-dealkylation sites (N-methyl/N-ethyl adjacent to an activating group) is 1. The van der Waals surface area contributed by atoms with Gasteiger partial charge in [0.15, 0.2) is 0 Å². The molecule has 1 N–H and O–H groups in total. The maximum absolute atomic E-state index is 12.4. The molecule has 0 bridgehead atoms. The van der Waals surface area contributed by atoms with Gasteiger partial charge in [-0.2, -0.15) is 5.26 Å². The predicted molar refractivity (Wildman–Crippen MR) is 86.9 cm³/mol. The van der Waals surface area contributed by atoms with Crippen molar-refractivity contribution in [3.63, 3.8) is 0 Å². The van der Waals surface area contributed by atoms with Crippen LogP contribution >= 0.6 is 0 Å². The Bertz CT molecular complexity index is 559. The molecule has 0 aliphatic carbocycles. The number of hydrogen-bond acceptors (Lipinski definition) is 6. The van der Waals surface area contributed by atoms with Crippen LogP contribution in [0, 0.1) is 11.3 Å². The predicted octanol–water partition coefficient (Wildman–Crippen LogP) is -0.0855. The molecule has 1 saturated heterocycles. The van der Waals surface area contributed by atoms with Crippen LogP contribution in [-0.4, -0.2) is 78.2 Å². The maximum Gasteiger partial charge on any atom is 0.242 e. The monoisotopic (exact) mass is 317 g/mol. The third-order valence-electron chi connectivity index (χ3n) is 3.89. The van der Waals surface area contributed by atoms with Crippen molar-refractivity contribution in [3.05, 3.63) is 23.9 Å². The van der Waals surface area contributed by atoms with E-state index in [9.17, 15) is 9.90 Å². The quantitative estimate of drug-likeness (QED) is 0.817. The summed E-state index contributed by atoms with van der Waals surface area (Å²) in [5.74, 6) is 0.737. The number of piperazine rings is 1. The second-order valence-corrected chi connectivity index (χ2v) is 5.90. The summed E-state index contributed by atoms with van der Waals surface area (Å²) in [7, 11) is 1.82. The van der Waals surface area contributed by atoms with Crippen LogP contribution in [0.1, 0.15) is 12.5 Å². The third kappa shape index (κ3) is 4.91. The van der Waals surface area contributed by atoms with E-state index in [2.05, 4.69) is 9.88 Å². The van der Waals surface area contributed by atoms with Gasteiger partial charge in [-0.25, -0.2) is 4.98 Å². The van der Waals surface area contributed by atoms with Gasteiger partial charge in [0.25, 0.3) is 0 Å². The van der Waals surface area contributed by atoms with Gasteiger partial charge < -0.3 is 14.9 Å². The average Bonchev–Trinajstić information content (AvgIpc) is 2.55. The molecule has 23 heavy (non-hydrogen) atoms. The van der Waals surface area contributed by atoms with Crippen molar-refractivity contribution < 1.29 is 9.90 Å². The molecule has 0 unspecified atom stereocenters. The van der Waals surface area contributed by atoms with Crippen LogP contribution in [0.15, 0.2) is 18.3 Å². The van der Waals surface area contributed by atoms with Crippen molar-refractivity contribution in [2.24, 2.45) is 0 Å². The molecule has 124 valence electrons. The van der Waals surface area contributed by atoms with Crippen LogP contribution in [0.5, 0.6) is 0 Å². The standard InChI is InChI=1S/C16H23N5O2/c1-13(22)11-20-5-7-21(8-6-20)16(23)12-19(2)15-4-3-14(9-17)10-18-15/h3-4,10,13,22H,5-8,11-12H2,1-2H3/t13-/m0/s1. The molecule has 1 aromatic rings. The zero-order valence-corrected chi connectivity index (χ0v) is 13.6. The van der Waals surface area contributed by atoms with Crippen LogP contribution in [0.4, 0.5) is 5.82 Å². The first-order chi connectivity index (χ1) is 11.0. The first-order valence-corrected chi connectivity index (χ1v) is 7.75. The summed E-state index contributed by atoms with van der Waals surface area (Å²) in [6.07, 6.45) is 1.16. The molecule has 0 saturated carbocycles. The van der Waals surface area contributed by atoms with E-state index in [1.807, 2.05) is 18.0 Å². The summed E-state index contributed by atoms with van der Waals surface area (Å²) in [5.41, 5.74) is 0.503. The van der Waals surface area contributed by atoms with E-state index >= 15 is 0 Å². The molecule has 1 aromatic heterocycles. The average molecular weight is 317 g/mol. The van der Waals surface area contributed by atoms with E-state index in [1.165, 1.54) is 6.20 Å². The summed E-state index contributed by atoms with van der Waals surface area (Å²) in [6.45, 7) is 5.62. The molecule has 2 heterocycles. The van der Waals surface area contributed by atoms with Crippen molar-refractivity contribution >= 4 is 11.7 Å². The van der Waals surface area contributed by atoms with Gasteiger partial charge >= 0.3 is 0 Å². The maximum atomic E-state index is 12.4. The largest absolute Gasteiger partial charge is 0.392 e. The highest BCUT2D eigenvalue weighted by Gasteiger charge is 2.22. The lowest BCUT2D eigenvalue weighted by Crippen LogP contribution is -2.52. The second kappa shape index (κ2) is 7.90. The number of rotatable bonds is 5. The number of anilines is 1. The zero-order valence-electron chi connectivity index (χ0n) is 13.6. The summed E-state index contributed by atoms with van der Waals surface area (Å²) in [6, 6.07) is 5.46. The van der Waals surface area contributed by atoms with E-state index < -0.39 is 0 Å². The van der Waals surface area contributed by atoms with Crippen molar-refractivity contribution in [2.45, 2.75) is 13.0 Å². The van der Waals surface area contributed by atoms with Gasteiger partial charge in [-0.15, -0.1) is 0 Å². The summed E-state index contributed by atoms with van der Waals surface area (Å²) in [4.78, 5) is 22.4. The number of nitrogens with zero attached hydrogens (tertiary/aromatic N) is 5. The van der Waals surface area contributed by atoms with Gasteiger partial charge in [0.1, 0.15) is 11.9 Å². The van der Waals surface area contributed by atoms with Gasteiger partial charge in [-0.3, -0.25) is 9.69 Å². The van der Waals surface area contributed by atoms with Gasteiger partial charge in [0.05, 0.1) is 18.2 Å². The first kappa shape index (κ1) is 17.2. The third-order valence-corrected chi connectivity index (χ3v) is 3.89. The van der Waals surface area contributed by atoms with E-state index in [0.29, 0.717) is 31.0 Å². The lowest BCUT2D eigenvalue weighted by molar-refractivity contribution is -0.131. The number of aromatic nitrogens is 1. The van der Waals surface area contributed by atoms with Crippen molar-refractivity contribution in [3.8, 4) is 6.07 Å². The molecule has 1 amide bonds. The summed E-state index contributed by atoms with van der Waals surface area (Å²) in [5, 5.41) is 18.2. The van der Waals surface area contributed by atoms with E-state index in [4.69, 9.17) is 5.26 Å². The minimum absolute atomic E-state index is 0.0651. The molecule has 1 atom stereocenters. The van der Waals surface area contributed by atoms with Gasteiger partial charge in [-0.1, -0.05) is 0 Å². The van der Waals surface area contributed by atoms with E-state index in [-0.39, 0.29) is 18.6 Å². The molecule has 7 nitrogen and oxygen atoms in total. The molecule has 2 rings (SSSR count). The number of carbonyl (C=O) groups is 1. The highest BCUT2D eigenvalue weighted by molar-refractivity contribution is 5.81. The normalized spacial score (nSPS) is 16.7. The molecule has 0 spiro atoms. The fourth-order valence-electron chi connectivity index (χ4n) is 2.62. The second-order valence-electron chi connectivity index (χ2n) is 5.90. The number of aliphatic hydroxyl groups is 1. The number of nitriles is 1. The van der Waals surface area contributed by atoms with Crippen LogP contribution in [-0.2, 0) is 4.79 Å². The Labute approximate surface area is 136 Å².